The maximum atomic E-state index is 10.4. The van der Waals surface area contributed by atoms with Crippen molar-refractivity contribution in [3.63, 3.8) is 0 Å². The molecular weight excluding hydrogens is 197 g/mol. The second-order valence-electron chi connectivity index (χ2n) is 2.23. The minimum atomic E-state index is -0.589. The summed E-state index contributed by atoms with van der Waals surface area (Å²) in [5.41, 5.74) is 1.67. The van der Waals surface area contributed by atoms with Gasteiger partial charge in [0.2, 0.25) is 0 Å². The fraction of sp³-hybridized carbons (Fsp3) is 0.125. The Kier molecular flexibility index (Phi) is 3.38. The molecule has 64 valence electrons. The van der Waals surface area contributed by atoms with Gasteiger partial charge in [-0.05, 0) is 29.3 Å². The van der Waals surface area contributed by atoms with Crippen molar-refractivity contribution >= 4 is 34.3 Å². The monoisotopic (exact) mass is 203 g/mol. The number of alkyl halides is 1. The first-order valence-electron chi connectivity index (χ1n) is 3.34. The van der Waals surface area contributed by atoms with Crippen molar-refractivity contribution in [1.29, 1.82) is 0 Å². The topological polar surface area (TPSA) is 29.1 Å². The molecule has 0 aromatic heterocycles. The SMILES string of the molecule is O=C(Cl)Nc1ccc(CCl)cc1. The highest BCUT2D eigenvalue weighted by Gasteiger charge is 1.96. The smallest absolute Gasteiger partial charge is 0.312 e. The molecule has 0 saturated heterocycles. The summed E-state index contributed by atoms with van der Waals surface area (Å²) >= 11 is 10.7. The van der Waals surface area contributed by atoms with E-state index in [2.05, 4.69) is 5.32 Å². The number of amides is 1. The summed E-state index contributed by atoms with van der Waals surface area (Å²) in [6.45, 7) is 0. The van der Waals surface area contributed by atoms with Crippen LogP contribution in [0.3, 0.4) is 0 Å². The third-order valence-electron chi connectivity index (χ3n) is 1.35. The van der Waals surface area contributed by atoms with Gasteiger partial charge in [0.15, 0.2) is 0 Å². The summed E-state index contributed by atoms with van der Waals surface area (Å²) in [4.78, 5) is 10.4. The predicted molar refractivity (Wildman–Crippen MR) is 50.9 cm³/mol. The highest BCUT2D eigenvalue weighted by Crippen LogP contribution is 2.11. The number of nitrogens with one attached hydrogen (secondary N) is 1. The third kappa shape index (κ3) is 2.72. The van der Waals surface area contributed by atoms with Crippen LogP contribution in [0.15, 0.2) is 24.3 Å². The van der Waals surface area contributed by atoms with Gasteiger partial charge in [-0.2, -0.15) is 0 Å². The highest BCUT2D eigenvalue weighted by atomic mass is 35.5. The Balaban J connectivity index is 2.71. The maximum absolute atomic E-state index is 10.4. The first-order valence-corrected chi connectivity index (χ1v) is 4.25. The Morgan fingerprint density at radius 3 is 2.33 bits per heavy atom. The molecule has 1 aromatic rings. The van der Waals surface area contributed by atoms with Crippen molar-refractivity contribution in [2.75, 3.05) is 5.32 Å². The lowest BCUT2D eigenvalue weighted by Gasteiger charge is -2.00. The van der Waals surface area contributed by atoms with Crippen LogP contribution in [-0.2, 0) is 5.88 Å². The van der Waals surface area contributed by atoms with Crippen molar-refractivity contribution in [2.45, 2.75) is 5.88 Å². The molecule has 1 rings (SSSR count). The summed E-state index contributed by atoms with van der Waals surface area (Å²) in [5, 5.41) is 1.85. The van der Waals surface area contributed by atoms with E-state index in [4.69, 9.17) is 23.2 Å². The molecule has 0 atom stereocenters. The summed E-state index contributed by atoms with van der Waals surface area (Å²) in [6.07, 6.45) is 0. The van der Waals surface area contributed by atoms with Gasteiger partial charge in [-0.15, -0.1) is 11.6 Å². The first kappa shape index (κ1) is 9.36. The van der Waals surface area contributed by atoms with E-state index in [1.54, 1.807) is 12.1 Å². The van der Waals surface area contributed by atoms with E-state index >= 15 is 0 Å². The lowest BCUT2D eigenvalue weighted by molar-refractivity contribution is 0.269. The van der Waals surface area contributed by atoms with E-state index in [-0.39, 0.29) is 0 Å². The van der Waals surface area contributed by atoms with E-state index in [0.29, 0.717) is 11.6 Å². The lowest BCUT2D eigenvalue weighted by atomic mass is 10.2. The maximum Gasteiger partial charge on any atom is 0.318 e. The zero-order valence-electron chi connectivity index (χ0n) is 6.18. The number of hydrogen-bond donors (Lipinski definition) is 1. The van der Waals surface area contributed by atoms with E-state index in [1.807, 2.05) is 12.1 Å². The van der Waals surface area contributed by atoms with Gasteiger partial charge in [0.05, 0.1) is 0 Å². The standard InChI is InChI=1S/C8H7Cl2NO/c9-5-6-1-3-7(4-2-6)11-8(10)12/h1-4H,5H2,(H,11,12). The lowest BCUT2D eigenvalue weighted by Crippen LogP contribution is -2.00. The number of carbonyl (C=O) groups is 1. The average molecular weight is 204 g/mol. The van der Waals surface area contributed by atoms with Crippen LogP contribution in [0.1, 0.15) is 5.56 Å². The fourth-order valence-corrected chi connectivity index (χ4v) is 1.08. The average Bonchev–Trinajstić information content (AvgIpc) is 2.05. The second-order valence-corrected chi connectivity index (χ2v) is 2.84. The van der Waals surface area contributed by atoms with Crippen molar-refractivity contribution in [1.82, 2.24) is 0 Å². The molecular formula is C8H7Cl2NO. The van der Waals surface area contributed by atoms with Gasteiger partial charge in [0.25, 0.3) is 0 Å². The molecule has 1 N–H and O–H groups in total. The van der Waals surface area contributed by atoms with Gasteiger partial charge < -0.3 is 5.32 Å². The Hall–Kier alpha value is -0.730. The van der Waals surface area contributed by atoms with Crippen LogP contribution in [0.5, 0.6) is 0 Å². The number of hydrogen-bond acceptors (Lipinski definition) is 1. The molecule has 1 amide bonds. The summed E-state index contributed by atoms with van der Waals surface area (Å²) in [5.74, 6) is 0.467. The van der Waals surface area contributed by atoms with Crippen LogP contribution in [-0.4, -0.2) is 5.37 Å². The minimum Gasteiger partial charge on any atom is -0.312 e. The second kappa shape index (κ2) is 4.33. The quantitative estimate of drug-likeness (QED) is 0.447. The fourth-order valence-electron chi connectivity index (χ4n) is 0.791. The molecule has 0 unspecified atom stereocenters. The van der Waals surface area contributed by atoms with Gasteiger partial charge in [0, 0.05) is 11.6 Å². The molecule has 4 heteroatoms. The summed E-state index contributed by atoms with van der Waals surface area (Å²) in [7, 11) is 0. The van der Waals surface area contributed by atoms with Crippen molar-refractivity contribution in [2.24, 2.45) is 0 Å². The van der Waals surface area contributed by atoms with Gasteiger partial charge >= 0.3 is 5.37 Å². The summed E-state index contributed by atoms with van der Waals surface area (Å²) in [6, 6.07) is 7.15. The molecule has 0 aliphatic carbocycles. The molecule has 0 fully saturated rings. The molecule has 0 radical (unpaired) electrons. The molecule has 0 heterocycles. The number of rotatable bonds is 2. The highest BCUT2D eigenvalue weighted by molar-refractivity contribution is 6.65. The Morgan fingerprint density at radius 2 is 1.92 bits per heavy atom. The van der Waals surface area contributed by atoms with Crippen molar-refractivity contribution < 1.29 is 4.79 Å². The van der Waals surface area contributed by atoms with Crippen LogP contribution in [0, 0.1) is 0 Å². The molecule has 1 aromatic carbocycles. The van der Waals surface area contributed by atoms with Gasteiger partial charge in [-0.1, -0.05) is 12.1 Å². The minimum absolute atomic E-state index is 0.467. The van der Waals surface area contributed by atoms with Gasteiger partial charge in [-0.25, -0.2) is 0 Å². The molecule has 0 saturated carbocycles. The van der Waals surface area contributed by atoms with Crippen LogP contribution in [0.25, 0.3) is 0 Å². The van der Waals surface area contributed by atoms with Crippen LogP contribution in [0.4, 0.5) is 10.5 Å². The number of benzene rings is 1. The third-order valence-corrected chi connectivity index (χ3v) is 1.75. The number of carbonyl (C=O) groups excluding carboxylic acids is 1. The van der Waals surface area contributed by atoms with E-state index < -0.39 is 5.37 Å². The van der Waals surface area contributed by atoms with Crippen LogP contribution in [0.2, 0.25) is 0 Å². The zero-order chi connectivity index (χ0) is 8.97. The molecule has 2 nitrogen and oxygen atoms in total. The van der Waals surface area contributed by atoms with Crippen molar-refractivity contribution in [3.8, 4) is 0 Å². The summed E-state index contributed by atoms with van der Waals surface area (Å²) < 4.78 is 0. The van der Waals surface area contributed by atoms with E-state index in [1.165, 1.54) is 0 Å². The van der Waals surface area contributed by atoms with E-state index in [9.17, 15) is 4.79 Å². The molecule has 0 aliphatic heterocycles. The number of halogens is 2. The first-order chi connectivity index (χ1) is 5.72. The zero-order valence-corrected chi connectivity index (χ0v) is 7.69. The van der Waals surface area contributed by atoms with Crippen molar-refractivity contribution in [3.05, 3.63) is 29.8 Å². The molecule has 12 heavy (non-hydrogen) atoms. The van der Waals surface area contributed by atoms with Gasteiger partial charge in [-0.3, -0.25) is 4.79 Å². The predicted octanol–water partition coefficient (Wildman–Crippen LogP) is 3.20. The Labute approximate surface area is 80.5 Å². The molecule has 0 bridgehead atoms. The Bertz CT molecular complexity index is 271. The molecule has 0 spiro atoms. The Morgan fingerprint density at radius 1 is 1.33 bits per heavy atom. The molecule has 0 aliphatic rings. The normalized spacial score (nSPS) is 9.50. The largest absolute Gasteiger partial charge is 0.318 e. The number of anilines is 1. The van der Waals surface area contributed by atoms with E-state index in [0.717, 1.165) is 5.56 Å². The van der Waals surface area contributed by atoms with Crippen LogP contribution >= 0.6 is 23.2 Å². The van der Waals surface area contributed by atoms with Gasteiger partial charge in [0.1, 0.15) is 0 Å². The van der Waals surface area contributed by atoms with Crippen LogP contribution < -0.4 is 5.32 Å².